The highest BCUT2D eigenvalue weighted by Gasteiger charge is 2.20. The number of nitrogens with zero attached hydrogens (tertiary/aromatic N) is 5. The van der Waals surface area contributed by atoms with Crippen LogP contribution in [0.3, 0.4) is 0 Å². The Kier molecular flexibility index (Phi) is 6.53. The lowest BCUT2D eigenvalue weighted by atomic mass is 10.1. The number of para-hydroxylation sites is 1. The Morgan fingerprint density at radius 1 is 1.17 bits per heavy atom. The summed E-state index contributed by atoms with van der Waals surface area (Å²) < 4.78 is 9.59. The lowest BCUT2D eigenvalue weighted by molar-refractivity contribution is -0.135. The number of benzene rings is 2. The van der Waals surface area contributed by atoms with Crippen molar-refractivity contribution in [3.05, 3.63) is 74.4 Å². The summed E-state index contributed by atoms with van der Waals surface area (Å²) in [5.74, 6) is 0.652. The number of carbonyl (C=O) groups excluding carboxylic acids is 1. The van der Waals surface area contributed by atoms with Gasteiger partial charge in [-0.25, -0.2) is 4.98 Å². The Morgan fingerprint density at radius 3 is 2.71 bits per heavy atom. The first-order chi connectivity index (χ1) is 17.0. The molecular formula is C26H26BrN5O3. The van der Waals surface area contributed by atoms with Gasteiger partial charge in [-0.15, -0.1) is 0 Å². The van der Waals surface area contributed by atoms with E-state index in [0.717, 1.165) is 26.6 Å². The van der Waals surface area contributed by atoms with Gasteiger partial charge in [0.05, 0.1) is 30.3 Å². The van der Waals surface area contributed by atoms with E-state index in [0.29, 0.717) is 49.5 Å². The number of ether oxygens (including phenoxy) is 1. The van der Waals surface area contributed by atoms with Crippen LogP contribution < -0.4 is 5.56 Å². The van der Waals surface area contributed by atoms with Gasteiger partial charge in [-0.05, 0) is 31.2 Å². The van der Waals surface area contributed by atoms with Crippen molar-refractivity contribution < 1.29 is 9.53 Å². The highest BCUT2D eigenvalue weighted by molar-refractivity contribution is 9.10. The van der Waals surface area contributed by atoms with Crippen molar-refractivity contribution in [3.8, 4) is 0 Å². The van der Waals surface area contributed by atoms with E-state index in [1.807, 2.05) is 59.7 Å². The number of amides is 1. The fourth-order valence-corrected chi connectivity index (χ4v) is 4.89. The molecule has 3 heterocycles. The second-order valence-corrected chi connectivity index (χ2v) is 9.42. The Bertz CT molecular complexity index is 1520. The molecule has 1 aliphatic heterocycles. The number of aryl methyl sites for hydroxylation is 1. The number of fused-ring (bicyclic) bond motifs is 2. The molecule has 0 N–H and O–H groups in total. The molecule has 0 atom stereocenters. The first kappa shape index (κ1) is 23.4. The van der Waals surface area contributed by atoms with Gasteiger partial charge in [-0.2, -0.15) is 9.78 Å². The van der Waals surface area contributed by atoms with Gasteiger partial charge in [0.25, 0.3) is 5.56 Å². The zero-order valence-corrected chi connectivity index (χ0v) is 21.3. The van der Waals surface area contributed by atoms with Gasteiger partial charge >= 0.3 is 0 Å². The SMILES string of the molecule is CCc1nc2ccc(Br)cc2c(=O)n1N=Cc1c(C)n(CC(=O)N2CCOCC2)c2ccccc12. The van der Waals surface area contributed by atoms with Gasteiger partial charge in [0.15, 0.2) is 0 Å². The lowest BCUT2D eigenvalue weighted by Crippen LogP contribution is -2.42. The number of rotatable bonds is 5. The molecule has 0 aliphatic carbocycles. The third-order valence-corrected chi connectivity index (χ3v) is 6.92. The highest BCUT2D eigenvalue weighted by atomic mass is 79.9. The van der Waals surface area contributed by atoms with E-state index >= 15 is 0 Å². The van der Waals surface area contributed by atoms with Crippen LogP contribution in [-0.2, 0) is 22.5 Å². The smallest absolute Gasteiger partial charge is 0.282 e. The van der Waals surface area contributed by atoms with E-state index in [9.17, 15) is 9.59 Å². The summed E-state index contributed by atoms with van der Waals surface area (Å²) in [5.41, 5.74) is 3.18. The summed E-state index contributed by atoms with van der Waals surface area (Å²) in [6.07, 6.45) is 2.27. The van der Waals surface area contributed by atoms with Crippen LogP contribution in [-0.4, -0.2) is 57.6 Å². The molecule has 5 rings (SSSR count). The monoisotopic (exact) mass is 535 g/mol. The zero-order chi connectivity index (χ0) is 24.5. The maximum atomic E-state index is 13.3. The molecule has 2 aromatic heterocycles. The van der Waals surface area contributed by atoms with Crippen molar-refractivity contribution in [3.63, 3.8) is 0 Å². The first-order valence-electron chi connectivity index (χ1n) is 11.7. The second kappa shape index (κ2) is 9.75. The molecule has 1 amide bonds. The number of hydrogen-bond donors (Lipinski definition) is 0. The Labute approximate surface area is 210 Å². The molecule has 9 heteroatoms. The maximum Gasteiger partial charge on any atom is 0.282 e. The van der Waals surface area contributed by atoms with Crippen LogP contribution in [0.25, 0.3) is 21.8 Å². The molecule has 180 valence electrons. The Hall–Kier alpha value is -3.30. The molecule has 1 fully saturated rings. The fraction of sp³-hybridized carbons (Fsp3) is 0.308. The largest absolute Gasteiger partial charge is 0.378 e. The van der Waals surface area contributed by atoms with Gasteiger partial charge < -0.3 is 14.2 Å². The molecule has 0 saturated carbocycles. The number of morpholine rings is 1. The molecule has 35 heavy (non-hydrogen) atoms. The summed E-state index contributed by atoms with van der Waals surface area (Å²) in [4.78, 5) is 32.8. The van der Waals surface area contributed by atoms with Gasteiger partial charge in [-0.3, -0.25) is 9.59 Å². The van der Waals surface area contributed by atoms with E-state index in [1.54, 1.807) is 12.3 Å². The number of hydrogen-bond acceptors (Lipinski definition) is 5. The molecule has 2 aromatic carbocycles. The van der Waals surface area contributed by atoms with Gasteiger partial charge in [0.2, 0.25) is 5.91 Å². The molecular weight excluding hydrogens is 510 g/mol. The molecule has 1 aliphatic rings. The molecule has 0 radical (unpaired) electrons. The summed E-state index contributed by atoms with van der Waals surface area (Å²) in [5, 5.41) is 6.08. The number of aromatic nitrogens is 3. The maximum absolute atomic E-state index is 13.3. The van der Waals surface area contributed by atoms with Crippen molar-refractivity contribution in [2.75, 3.05) is 26.3 Å². The summed E-state index contributed by atoms with van der Waals surface area (Å²) in [6.45, 7) is 6.53. The van der Waals surface area contributed by atoms with Crippen LogP contribution in [0.1, 0.15) is 24.0 Å². The second-order valence-electron chi connectivity index (χ2n) is 8.50. The predicted molar refractivity (Wildman–Crippen MR) is 140 cm³/mol. The molecule has 0 unspecified atom stereocenters. The van der Waals surface area contributed by atoms with Gasteiger partial charge in [0, 0.05) is 46.1 Å². The minimum absolute atomic E-state index is 0.0643. The summed E-state index contributed by atoms with van der Waals surface area (Å²) in [7, 11) is 0. The molecule has 8 nitrogen and oxygen atoms in total. The van der Waals surface area contributed by atoms with Crippen LogP contribution in [0.5, 0.6) is 0 Å². The topological polar surface area (TPSA) is 81.7 Å². The third-order valence-electron chi connectivity index (χ3n) is 6.43. The van der Waals surface area contributed by atoms with E-state index in [1.165, 1.54) is 4.68 Å². The fourth-order valence-electron chi connectivity index (χ4n) is 4.53. The van der Waals surface area contributed by atoms with Crippen molar-refractivity contribution in [2.45, 2.75) is 26.8 Å². The van der Waals surface area contributed by atoms with Gasteiger partial charge in [0.1, 0.15) is 12.4 Å². The van der Waals surface area contributed by atoms with E-state index < -0.39 is 0 Å². The van der Waals surface area contributed by atoms with Crippen molar-refractivity contribution in [1.29, 1.82) is 0 Å². The van der Waals surface area contributed by atoms with Crippen molar-refractivity contribution in [1.82, 2.24) is 19.1 Å². The Morgan fingerprint density at radius 2 is 1.94 bits per heavy atom. The molecule has 0 spiro atoms. The number of carbonyl (C=O) groups is 1. The molecule has 0 bridgehead atoms. The average Bonchev–Trinajstić information content (AvgIpc) is 3.14. The average molecular weight is 536 g/mol. The first-order valence-corrected chi connectivity index (χ1v) is 12.5. The zero-order valence-electron chi connectivity index (χ0n) is 19.7. The van der Waals surface area contributed by atoms with Crippen LogP contribution in [0.4, 0.5) is 0 Å². The summed E-state index contributed by atoms with van der Waals surface area (Å²) in [6, 6.07) is 13.4. The van der Waals surface area contributed by atoms with Crippen molar-refractivity contribution >= 4 is 49.9 Å². The van der Waals surface area contributed by atoms with Crippen LogP contribution in [0.15, 0.2) is 56.8 Å². The lowest BCUT2D eigenvalue weighted by Gasteiger charge is -2.27. The van der Waals surface area contributed by atoms with Crippen LogP contribution in [0, 0.1) is 6.92 Å². The van der Waals surface area contributed by atoms with Crippen LogP contribution in [0.2, 0.25) is 0 Å². The quantitative estimate of drug-likeness (QED) is 0.364. The molecule has 4 aromatic rings. The standard InChI is InChI=1S/C26H26BrN5O3/c1-3-24-29-22-9-8-18(27)14-20(22)26(34)32(24)28-15-21-17(2)31(23-7-5-4-6-19(21)23)16-25(33)30-10-12-35-13-11-30/h4-9,14-15H,3,10-13,16H2,1-2H3. The third kappa shape index (κ3) is 4.41. The van der Waals surface area contributed by atoms with Crippen LogP contribution >= 0.6 is 15.9 Å². The van der Waals surface area contributed by atoms with Crippen molar-refractivity contribution in [2.24, 2.45) is 5.10 Å². The normalized spacial score (nSPS) is 14.4. The minimum atomic E-state index is -0.215. The predicted octanol–water partition coefficient (Wildman–Crippen LogP) is 3.73. The summed E-state index contributed by atoms with van der Waals surface area (Å²) >= 11 is 3.44. The Balaban J connectivity index is 1.57. The highest BCUT2D eigenvalue weighted by Crippen LogP contribution is 2.25. The van der Waals surface area contributed by atoms with Gasteiger partial charge in [-0.1, -0.05) is 41.1 Å². The van der Waals surface area contributed by atoms with E-state index in [2.05, 4.69) is 26.0 Å². The molecule has 1 saturated heterocycles. The van der Waals surface area contributed by atoms with E-state index in [-0.39, 0.29) is 18.0 Å². The van der Waals surface area contributed by atoms with E-state index in [4.69, 9.17) is 4.74 Å². The number of halogens is 1. The minimum Gasteiger partial charge on any atom is -0.378 e.